The van der Waals surface area contributed by atoms with Crippen molar-refractivity contribution in [1.82, 2.24) is 5.32 Å². The molecular weight excluding hydrogens is 296 g/mol. The van der Waals surface area contributed by atoms with Crippen molar-refractivity contribution in [3.63, 3.8) is 0 Å². The highest BCUT2D eigenvalue weighted by molar-refractivity contribution is 7.89. The van der Waals surface area contributed by atoms with Crippen molar-refractivity contribution in [3.8, 4) is 0 Å². The Kier molecular flexibility index (Phi) is 4.74. The Labute approximate surface area is 121 Å². The van der Waals surface area contributed by atoms with E-state index < -0.39 is 10.0 Å². The van der Waals surface area contributed by atoms with E-state index in [1.807, 2.05) is 29.6 Å². The average molecular weight is 312 g/mol. The van der Waals surface area contributed by atoms with Gasteiger partial charge in [0, 0.05) is 22.0 Å². The van der Waals surface area contributed by atoms with Crippen molar-refractivity contribution >= 4 is 37.4 Å². The largest absolute Gasteiger partial charge is 0.352 e. The monoisotopic (exact) mass is 312 g/mol. The van der Waals surface area contributed by atoms with Crippen LogP contribution in [-0.2, 0) is 10.0 Å². The van der Waals surface area contributed by atoms with E-state index in [0.29, 0.717) is 24.9 Å². The van der Waals surface area contributed by atoms with Gasteiger partial charge in [0.25, 0.3) is 5.91 Å². The summed E-state index contributed by atoms with van der Waals surface area (Å²) in [5.41, 5.74) is 0.664. The van der Waals surface area contributed by atoms with Crippen LogP contribution in [0.4, 0.5) is 0 Å². The van der Waals surface area contributed by atoms with Gasteiger partial charge in [-0.15, -0.1) is 11.3 Å². The first-order chi connectivity index (χ1) is 9.47. The molecule has 5 nitrogen and oxygen atoms in total. The molecule has 2 aromatic rings. The third kappa shape index (κ3) is 4.03. The van der Waals surface area contributed by atoms with Gasteiger partial charge >= 0.3 is 0 Å². The molecule has 0 saturated carbocycles. The maximum absolute atomic E-state index is 12.0. The third-order valence-electron chi connectivity index (χ3n) is 2.87. The molecule has 0 aliphatic rings. The Morgan fingerprint density at radius 3 is 2.75 bits per heavy atom. The van der Waals surface area contributed by atoms with Crippen LogP contribution < -0.4 is 10.5 Å². The molecule has 0 atom stereocenters. The van der Waals surface area contributed by atoms with Gasteiger partial charge in [-0.25, -0.2) is 13.6 Å². The topological polar surface area (TPSA) is 89.3 Å². The minimum atomic E-state index is -3.41. The van der Waals surface area contributed by atoms with Gasteiger partial charge in [0.1, 0.15) is 0 Å². The second kappa shape index (κ2) is 6.34. The Balaban J connectivity index is 1.86. The van der Waals surface area contributed by atoms with Crippen LogP contribution in [0.5, 0.6) is 0 Å². The lowest BCUT2D eigenvalue weighted by molar-refractivity contribution is 0.0955. The summed E-state index contributed by atoms with van der Waals surface area (Å²) in [5, 5.41) is 10.5. The van der Waals surface area contributed by atoms with Gasteiger partial charge in [-0.3, -0.25) is 4.79 Å². The van der Waals surface area contributed by atoms with Crippen molar-refractivity contribution in [2.75, 3.05) is 12.3 Å². The number of sulfonamides is 1. The zero-order valence-electron chi connectivity index (χ0n) is 10.8. The van der Waals surface area contributed by atoms with Crippen LogP contribution in [0.15, 0.2) is 29.6 Å². The summed E-state index contributed by atoms with van der Waals surface area (Å²) in [5.74, 6) is -0.178. The molecule has 0 bridgehead atoms. The van der Waals surface area contributed by atoms with Gasteiger partial charge in [0.2, 0.25) is 10.0 Å². The van der Waals surface area contributed by atoms with Crippen molar-refractivity contribution in [1.29, 1.82) is 0 Å². The zero-order chi connectivity index (χ0) is 14.6. The molecular formula is C13H16N2O3S2. The third-order valence-corrected chi connectivity index (χ3v) is 4.69. The van der Waals surface area contributed by atoms with E-state index in [4.69, 9.17) is 5.14 Å². The Bertz CT molecular complexity index is 707. The highest BCUT2D eigenvalue weighted by Crippen LogP contribution is 2.25. The predicted molar refractivity (Wildman–Crippen MR) is 81.4 cm³/mol. The van der Waals surface area contributed by atoms with E-state index in [0.717, 1.165) is 10.1 Å². The molecule has 1 aromatic carbocycles. The lowest BCUT2D eigenvalue weighted by Crippen LogP contribution is -2.25. The maximum atomic E-state index is 12.0. The molecule has 1 aromatic heterocycles. The zero-order valence-corrected chi connectivity index (χ0v) is 12.5. The number of thiophene rings is 1. The number of unbranched alkanes of at least 4 members (excludes halogenated alkanes) is 1. The van der Waals surface area contributed by atoms with Crippen molar-refractivity contribution < 1.29 is 13.2 Å². The molecule has 0 spiro atoms. The number of nitrogens with one attached hydrogen (secondary N) is 1. The van der Waals surface area contributed by atoms with E-state index in [1.165, 1.54) is 11.3 Å². The number of hydrogen-bond donors (Lipinski definition) is 2. The summed E-state index contributed by atoms with van der Waals surface area (Å²) < 4.78 is 22.6. The number of benzene rings is 1. The SMILES string of the molecule is NS(=O)(=O)CCCCNC(=O)c1csc2ccccc12. The quantitative estimate of drug-likeness (QED) is 0.796. The van der Waals surface area contributed by atoms with E-state index in [2.05, 4.69) is 5.32 Å². The maximum Gasteiger partial charge on any atom is 0.252 e. The summed E-state index contributed by atoms with van der Waals surface area (Å²) in [6.07, 6.45) is 1.04. The van der Waals surface area contributed by atoms with Crippen molar-refractivity contribution in [2.45, 2.75) is 12.8 Å². The Morgan fingerprint density at radius 1 is 1.25 bits per heavy atom. The second-order valence-corrected chi connectivity index (χ2v) is 7.12. The van der Waals surface area contributed by atoms with Gasteiger partial charge in [0.05, 0.1) is 11.3 Å². The van der Waals surface area contributed by atoms with Gasteiger partial charge in [-0.2, -0.15) is 0 Å². The summed E-state index contributed by atoms with van der Waals surface area (Å²) in [6.45, 7) is 0.443. The number of primary sulfonamides is 1. The average Bonchev–Trinajstić information content (AvgIpc) is 2.80. The molecule has 3 N–H and O–H groups in total. The van der Waals surface area contributed by atoms with Gasteiger partial charge in [-0.1, -0.05) is 18.2 Å². The molecule has 1 heterocycles. The molecule has 108 valence electrons. The number of nitrogens with two attached hydrogens (primary N) is 1. The van der Waals surface area contributed by atoms with Gasteiger partial charge in [0.15, 0.2) is 0 Å². The van der Waals surface area contributed by atoms with Gasteiger partial charge in [-0.05, 0) is 18.9 Å². The second-order valence-electron chi connectivity index (χ2n) is 4.48. The lowest BCUT2D eigenvalue weighted by atomic mass is 10.1. The summed E-state index contributed by atoms with van der Waals surface area (Å²) >= 11 is 1.53. The fraction of sp³-hybridized carbons (Fsp3) is 0.308. The van der Waals surface area contributed by atoms with Crippen LogP contribution in [0.2, 0.25) is 0 Å². The molecule has 1 amide bonds. The molecule has 0 aliphatic heterocycles. The fourth-order valence-electron chi connectivity index (χ4n) is 1.88. The number of fused-ring (bicyclic) bond motifs is 1. The molecule has 20 heavy (non-hydrogen) atoms. The van der Waals surface area contributed by atoms with E-state index in [9.17, 15) is 13.2 Å². The van der Waals surface area contributed by atoms with E-state index in [1.54, 1.807) is 0 Å². The summed E-state index contributed by atoms with van der Waals surface area (Å²) in [6, 6.07) is 7.73. The molecule has 0 aliphatic carbocycles. The number of carbonyl (C=O) groups excluding carboxylic acids is 1. The summed E-state index contributed by atoms with van der Waals surface area (Å²) in [7, 11) is -3.41. The minimum Gasteiger partial charge on any atom is -0.352 e. The van der Waals surface area contributed by atoms with E-state index >= 15 is 0 Å². The first-order valence-electron chi connectivity index (χ1n) is 6.22. The highest BCUT2D eigenvalue weighted by atomic mass is 32.2. The minimum absolute atomic E-state index is 0.0513. The molecule has 2 rings (SSSR count). The van der Waals surface area contributed by atoms with Crippen LogP contribution in [0.1, 0.15) is 23.2 Å². The first kappa shape index (κ1) is 15.0. The van der Waals surface area contributed by atoms with Crippen LogP contribution in [0.25, 0.3) is 10.1 Å². The lowest BCUT2D eigenvalue weighted by Gasteiger charge is -2.04. The van der Waals surface area contributed by atoms with Crippen LogP contribution in [-0.4, -0.2) is 26.6 Å². The fourth-order valence-corrected chi connectivity index (χ4v) is 3.43. The molecule has 7 heteroatoms. The normalized spacial score (nSPS) is 11.7. The first-order valence-corrected chi connectivity index (χ1v) is 8.82. The number of hydrogen-bond acceptors (Lipinski definition) is 4. The Morgan fingerprint density at radius 2 is 2.00 bits per heavy atom. The molecule has 0 saturated heterocycles. The van der Waals surface area contributed by atoms with E-state index in [-0.39, 0.29) is 11.7 Å². The van der Waals surface area contributed by atoms with Crippen LogP contribution >= 0.6 is 11.3 Å². The number of amides is 1. The van der Waals surface area contributed by atoms with Crippen molar-refractivity contribution in [2.24, 2.45) is 5.14 Å². The van der Waals surface area contributed by atoms with Crippen LogP contribution in [0.3, 0.4) is 0 Å². The van der Waals surface area contributed by atoms with Crippen LogP contribution in [0, 0.1) is 0 Å². The molecule has 0 unspecified atom stereocenters. The molecule has 0 fully saturated rings. The smallest absolute Gasteiger partial charge is 0.252 e. The summed E-state index contributed by atoms with van der Waals surface area (Å²) in [4.78, 5) is 12.0. The Hall–Kier alpha value is -1.44. The van der Waals surface area contributed by atoms with Gasteiger partial charge < -0.3 is 5.32 Å². The predicted octanol–water partition coefficient (Wildman–Crippen LogP) is 1.70. The molecule has 0 radical (unpaired) electrons. The number of rotatable bonds is 6. The highest BCUT2D eigenvalue weighted by Gasteiger charge is 2.11. The van der Waals surface area contributed by atoms with Crippen molar-refractivity contribution in [3.05, 3.63) is 35.2 Å². The standard InChI is InChI=1S/C13H16N2O3S2/c14-20(17,18)8-4-3-7-15-13(16)11-9-19-12-6-2-1-5-10(11)12/h1-2,5-6,9H,3-4,7-8H2,(H,15,16)(H2,14,17,18). The number of carbonyl (C=O) groups is 1.